The molecule has 6 heteroatoms. The molecular formula is C21H24N4OS. The lowest BCUT2D eigenvalue weighted by molar-refractivity contribution is -0.116. The number of hydrogen-bond acceptors (Lipinski definition) is 4. The molecule has 27 heavy (non-hydrogen) atoms. The van der Waals surface area contributed by atoms with Crippen molar-refractivity contribution in [3.63, 3.8) is 0 Å². The van der Waals surface area contributed by atoms with Crippen molar-refractivity contribution >= 4 is 39.9 Å². The van der Waals surface area contributed by atoms with Gasteiger partial charge in [-0.2, -0.15) is 5.10 Å². The number of hydrazone groups is 1. The molecule has 1 aliphatic heterocycles. The molecule has 0 fully saturated rings. The van der Waals surface area contributed by atoms with E-state index in [1.165, 1.54) is 5.56 Å². The molecule has 0 saturated heterocycles. The van der Waals surface area contributed by atoms with Crippen LogP contribution in [-0.2, 0) is 4.79 Å². The fourth-order valence-corrected chi connectivity index (χ4v) is 3.45. The Bertz CT molecular complexity index is 872. The van der Waals surface area contributed by atoms with E-state index in [1.807, 2.05) is 56.3 Å². The normalized spacial score (nSPS) is 15.4. The van der Waals surface area contributed by atoms with E-state index in [4.69, 9.17) is 0 Å². The van der Waals surface area contributed by atoms with Crippen molar-refractivity contribution in [2.24, 2.45) is 16.0 Å². The van der Waals surface area contributed by atoms with Gasteiger partial charge in [0.1, 0.15) is 0 Å². The van der Waals surface area contributed by atoms with Crippen LogP contribution in [0.4, 0.5) is 11.4 Å². The summed E-state index contributed by atoms with van der Waals surface area (Å²) in [6.07, 6.45) is 0.526. The molecule has 3 rings (SSSR count). The van der Waals surface area contributed by atoms with Crippen molar-refractivity contribution in [3.8, 4) is 0 Å². The van der Waals surface area contributed by atoms with E-state index in [0.29, 0.717) is 12.3 Å². The van der Waals surface area contributed by atoms with Crippen LogP contribution in [0.5, 0.6) is 0 Å². The van der Waals surface area contributed by atoms with Crippen LogP contribution in [0, 0.1) is 12.8 Å². The van der Waals surface area contributed by atoms with Crippen molar-refractivity contribution in [2.45, 2.75) is 27.2 Å². The third-order valence-corrected chi connectivity index (χ3v) is 4.83. The predicted molar refractivity (Wildman–Crippen MR) is 115 cm³/mol. The fourth-order valence-electron chi connectivity index (χ4n) is 2.67. The number of amidine groups is 1. The van der Waals surface area contributed by atoms with Gasteiger partial charge in [-0.25, -0.2) is 4.99 Å². The molecule has 0 atom stereocenters. The van der Waals surface area contributed by atoms with Crippen LogP contribution in [0.2, 0.25) is 0 Å². The molecule has 0 spiro atoms. The summed E-state index contributed by atoms with van der Waals surface area (Å²) >= 11 is 1.63. The SMILES string of the molecule is Cc1cccc(N=C2NN=C(c3ccc(NC(=O)CC(C)C)cc3)CS2)c1. The zero-order chi connectivity index (χ0) is 19.2. The Kier molecular flexibility index (Phi) is 6.29. The van der Waals surface area contributed by atoms with Crippen molar-refractivity contribution in [3.05, 3.63) is 59.7 Å². The number of benzene rings is 2. The molecule has 5 nitrogen and oxygen atoms in total. The van der Waals surface area contributed by atoms with Crippen LogP contribution in [0.3, 0.4) is 0 Å². The quantitative estimate of drug-likeness (QED) is 0.790. The van der Waals surface area contributed by atoms with Crippen molar-refractivity contribution in [1.82, 2.24) is 5.43 Å². The average molecular weight is 381 g/mol. The lowest BCUT2D eigenvalue weighted by Gasteiger charge is -2.15. The zero-order valence-corrected chi connectivity index (χ0v) is 16.6. The number of thioether (sulfide) groups is 1. The largest absolute Gasteiger partial charge is 0.326 e. The molecule has 140 valence electrons. The first kappa shape index (κ1) is 19.2. The number of amides is 1. The highest BCUT2D eigenvalue weighted by Gasteiger charge is 2.13. The molecular weight excluding hydrogens is 356 g/mol. The summed E-state index contributed by atoms with van der Waals surface area (Å²) in [5.41, 5.74) is 7.94. The number of carbonyl (C=O) groups excluding carboxylic acids is 1. The third kappa shape index (κ3) is 5.69. The lowest BCUT2D eigenvalue weighted by Crippen LogP contribution is -2.25. The number of nitrogens with zero attached hydrogens (tertiary/aromatic N) is 2. The lowest BCUT2D eigenvalue weighted by atomic mass is 10.1. The van der Waals surface area contributed by atoms with E-state index in [1.54, 1.807) is 11.8 Å². The van der Waals surface area contributed by atoms with Gasteiger partial charge >= 0.3 is 0 Å². The molecule has 1 amide bonds. The summed E-state index contributed by atoms with van der Waals surface area (Å²) in [5, 5.41) is 8.17. The first-order chi connectivity index (χ1) is 13.0. The van der Waals surface area contributed by atoms with Gasteiger partial charge in [-0.3, -0.25) is 10.2 Å². The molecule has 0 bridgehead atoms. The molecule has 0 unspecified atom stereocenters. The Balaban J connectivity index is 1.63. The first-order valence-corrected chi connectivity index (χ1v) is 9.99. The number of carbonyl (C=O) groups is 1. The summed E-state index contributed by atoms with van der Waals surface area (Å²) in [5.74, 6) is 1.14. The van der Waals surface area contributed by atoms with E-state index in [9.17, 15) is 4.79 Å². The van der Waals surface area contributed by atoms with Crippen molar-refractivity contribution < 1.29 is 4.79 Å². The van der Waals surface area contributed by atoms with Crippen LogP contribution < -0.4 is 10.7 Å². The molecule has 0 aromatic heterocycles. The molecule has 2 N–H and O–H groups in total. The second kappa shape index (κ2) is 8.86. The Hall–Kier alpha value is -2.60. The van der Waals surface area contributed by atoms with Gasteiger partial charge in [0.25, 0.3) is 0 Å². The average Bonchev–Trinajstić information content (AvgIpc) is 2.62. The monoisotopic (exact) mass is 380 g/mol. The molecule has 2 aromatic carbocycles. The molecule has 0 aliphatic carbocycles. The second-order valence-electron chi connectivity index (χ2n) is 6.94. The van der Waals surface area contributed by atoms with E-state index < -0.39 is 0 Å². The molecule has 1 aliphatic rings. The number of hydrogen-bond donors (Lipinski definition) is 2. The van der Waals surface area contributed by atoms with E-state index in [-0.39, 0.29) is 5.91 Å². The highest BCUT2D eigenvalue weighted by molar-refractivity contribution is 8.14. The highest BCUT2D eigenvalue weighted by atomic mass is 32.2. The van der Waals surface area contributed by atoms with Crippen LogP contribution in [-0.4, -0.2) is 22.5 Å². The maximum atomic E-state index is 11.9. The topological polar surface area (TPSA) is 65.8 Å². The molecule has 0 radical (unpaired) electrons. The van der Waals surface area contributed by atoms with Gasteiger partial charge in [0.05, 0.1) is 11.4 Å². The van der Waals surface area contributed by atoms with Gasteiger partial charge in [0.2, 0.25) is 5.91 Å². The number of anilines is 1. The first-order valence-electron chi connectivity index (χ1n) is 9.00. The summed E-state index contributed by atoms with van der Waals surface area (Å²) in [6.45, 7) is 6.12. The van der Waals surface area contributed by atoms with Gasteiger partial charge in [0.15, 0.2) is 5.17 Å². The van der Waals surface area contributed by atoms with Gasteiger partial charge < -0.3 is 5.32 Å². The van der Waals surface area contributed by atoms with E-state index in [2.05, 4.69) is 33.8 Å². The summed E-state index contributed by atoms with van der Waals surface area (Å²) < 4.78 is 0. The zero-order valence-electron chi connectivity index (χ0n) is 15.8. The minimum absolute atomic E-state index is 0.0435. The standard InChI is InChI=1S/C21H24N4OS/c1-14(2)11-20(26)22-17-9-7-16(8-10-17)19-13-27-21(25-24-19)23-18-6-4-5-15(3)12-18/h4-10,12,14H,11,13H2,1-3H3,(H,22,26)(H,23,25). The molecule has 1 heterocycles. The van der Waals surface area contributed by atoms with Crippen LogP contribution in [0.25, 0.3) is 0 Å². The van der Waals surface area contributed by atoms with Crippen LogP contribution >= 0.6 is 11.8 Å². The second-order valence-corrected chi connectivity index (χ2v) is 7.90. The summed E-state index contributed by atoms with van der Waals surface area (Å²) in [7, 11) is 0. The van der Waals surface area contributed by atoms with E-state index in [0.717, 1.165) is 33.6 Å². The smallest absolute Gasteiger partial charge is 0.224 e. The van der Waals surface area contributed by atoms with Gasteiger partial charge in [-0.05, 0) is 48.2 Å². The molecule has 0 saturated carbocycles. The maximum Gasteiger partial charge on any atom is 0.224 e. The Morgan fingerprint density at radius 3 is 2.67 bits per heavy atom. The van der Waals surface area contributed by atoms with Crippen molar-refractivity contribution in [2.75, 3.05) is 11.1 Å². The van der Waals surface area contributed by atoms with Gasteiger partial charge in [-0.15, -0.1) is 0 Å². The third-order valence-electron chi connectivity index (χ3n) is 3.96. The fraction of sp³-hybridized carbons (Fsp3) is 0.286. The molecule has 2 aromatic rings. The van der Waals surface area contributed by atoms with E-state index >= 15 is 0 Å². The Morgan fingerprint density at radius 2 is 2.04 bits per heavy atom. The van der Waals surface area contributed by atoms with Crippen LogP contribution in [0.1, 0.15) is 31.4 Å². The Morgan fingerprint density at radius 1 is 1.26 bits per heavy atom. The minimum Gasteiger partial charge on any atom is -0.326 e. The van der Waals surface area contributed by atoms with Crippen molar-refractivity contribution in [1.29, 1.82) is 0 Å². The summed E-state index contributed by atoms with van der Waals surface area (Å²) in [4.78, 5) is 16.4. The predicted octanol–water partition coefficient (Wildman–Crippen LogP) is 4.71. The number of aryl methyl sites for hydroxylation is 1. The highest BCUT2D eigenvalue weighted by Crippen LogP contribution is 2.20. The number of nitrogens with one attached hydrogen (secondary N) is 2. The Labute approximate surface area is 164 Å². The maximum absolute atomic E-state index is 11.9. The van der Waals surface area contributed by atoms with Crippen LogP contribution in [0.15, 0.2) is 58.6 Å². The summed E-state index contributed by atoms with van der Waals surface area (Å²) in [6, 6.07) is 15.9. The number of aliphatic imine (C=N–C) groups is 1. The van der Waals surface area contributed by atoms with Gasteiger partial charge in [-0.1, -0.05) is 49.9 Å². The van der Waals surface area contributed by atoms with Gasteiger partial charge in [0, 0.05) is 17.9 Å². The number of rotatable bonds is 5. The minimum atomic E-state index is 0.0435.